The molecule has 6 rings (SSSR count). The molecule has 6 aliphatic rings. The zero-order valence-electron chi connectivity index (χ0n) is 25.1. The van der Waals surface area contributed by atoms with E-state index >= 15 is 0 Å². The molecule has 0 unspecified atom stereocenters. The molecule has 9 nitrogen and oxygen atoms in total. The van der Waals surface area contributed by atoms with E-state index in [1.165, 1.54) is 14.0 Å². The van der Waals surface area contributed by atoms with E-state index in [1.807, 2.05) is 0 Å². The van der Waals surface area contributed by atoms with Crippen molar-refractivity contribution >= 4 is 17.7 Å². The van der Waals surface area contributed by atoms with E-state index in [-0.39, 0.29) is 28.8 Å². The number of aliphatic hydroxyl groups is 1. The second-order valence-electron chi connectivity index (χ2n) is 14.2. The van der Waals surface area contributed by atoms with Gasteiger partial charge in [0.25, 0.3) is 0 Å². The summed E-state index contributed by atoms with van der Waals surface area (Å²) in [7, 11) is 1.49. The Morgan fingerprint density at radius 3 is 2.49 bits per heavy atom. The van der Waals surface area contributed by atoms with Crippen LogP contribution in [-0.2, 0) is 38.1 Å². The highest BCUT2D eigenvalue weighted by Gasteiger charge is 2.68. The first-order valence-corrected chi connectivity index (χ1v) is 15.5. The maximum absolute atomic E-state index is 14.5. The predicted octanol–water partition coefficient (Wildman–Crippen LogP) is 3.89. The van der Waals surface area contributed by atoms with Gasteiger partial charge in [-0.15, -0.1) is 0 Å². The largest absolute Gasteiger partial charge is 0.458 e. The number of Topliss-reactive ketones (excluding diaryl/α,β-unsaturated/α-hetero) is 1. The Morgan fingerprint density at radius 1 is 1.05 bits per heavy atom. The summed E-state index contributed by atoms with van der Waals surface area (Å²) in [5, 5.41) is 10.6. The minimum absolute atomic E-state index is 0.0505. The molecule has 9 heteroatoms. The number of ketones is 1. The van der Waals surface area contributed by atoms with Crippen LogP contribution >= 0.6 is 0 Å². The second kappa shape index (κ2) is 10.4. The summed E-state index contributed by atoms with van der Waals surface area (Å²) in [5.41, 5.74) is 0.346. The van der Waals surface area contributed by atoms with E-state index in [4.69, 9.17) is 23.7 Å². The monoisotopic (exact) mass is 574 g/mol. The van der Waals surface area contributed by atoms with E-state index in [2.05, 4.69) is 13.8 Å². The number of esters is 2. The molecule has 41 heavy (non-hydrogen) atoms. The molecule has 0 aromatic carbocycles. The van der Waals surface area contributed by atoms with E-state index in [1.54, 1.807) is 13.0 Å². The van der Waals surface area contributed by atoms with Crippen molar-refractivity contribution in [1.82, 2.24) is 0 Å². The fourth-order valence-corrected chi connectivity index (χ4v) is 10.2. The van der Waals surface area contributed by atoms with Gasteiger partial charge in [-0.05, 0) is 93.5 Å². The topological polar surface area (TPSA) is 118 Å². The summed E-state index contributed by atoms with van der Waals surface area (Å²) in [5.74, 6) is 0.538. The molecule has 1 spiro atoms. The number of hydrogen-bond donors (Lipinski definition) is 1. The highest BCUT2D eigenvalue weighted by atomic mass is 16.7. The number of carbonyl (C=O) groups is 3. The molecule has 2 aliphatic heterocycles. The molecule has 0 radical (unpaired) electrons. The average Bonchev–Trinajstić information content (AvgIpc) is 3.34. The van der Waals surface area contributed by atoms with Crippen molar-refractivity contribution in [3.63, 3.8) is 0 Å². The quantitative estimate of drug-likeness (QED) is 0.385. The average molecular weight is 575 g/mol. The third kappa shape index (κ3) is 4.52. The Bertz CT molecular complexity index is 1120. The third-order valence-electron chi connectivity index (χ3n) is 12.2. The van der Waals surface area contributed by atoms with Crippen molar-refractivity contribution < 1.29 is 43.2 Å². The van der Waals surface area contributed by atoms with Crippen LogP contribution in [0.5, 0.6) is 0 Å². The Balaban J connectivity index is 1.18. The number of rotatable bonds is 5. The Hall–Kier alpha value is -1.81. The number of methoxy groups -OCH3 is 1. The molecule has 1 N–H and O–H groups in total. The molecular weight excluding hydrogens is 528 g/mol. The molecule has 4 saturated carbocycles. The van der Waals surface area contributed by atoms with Gasteiger partial charge in [-0.3, -0.25) is 9.59 Å². The highest BCUT2D eigenvalue weighted by Crippen LogP contribution is 2.70. The van der Waals surface area contributed by atoms with Crippen LogP contribution in [0.4, 0.5) is 0 Å². The van der Waals surface area contributed by atoms with Crippen LogP contribution in [0, 0.1) is 34.0 Å². The summed E-state index contributed by atoms with van der Waals surface area (Å²) in [6, 6.07) is 0. The van der Waals surface area contributed by atoms with Gasteiger partial charge in [-0.2, -0.15) is 0 Å². The molecule has 1 saturated heterocycles. The number of hydrogen-bond acceptors (Lipinski definition) is 9. The lowest BCUT2D eigenvalue weighted by molar-refractivity contribution is -0.315. The first-order chi connectivity index (χ1) is 19.4. The molecule has 5 fully saturated rings. The summed E-state index contributed by atoms with van der Waals surface area (Å²) < 4.78 is 28.8. The second-order valence-corrected chi connectivity index (χ2v) is 14.2. The summed E-state index contributed by atoms with van der Waals surface area (Å²) in [6.45, 7) is 7.99. The van der Waals surface area contributed by atoms with Gasteiger partial charge in [0.2, 0.25) is 0 Å². The zero-order valence-corrected chi connectivity index (χ0v) is 25.1. The molecule has 0 aromatic rings. The minimum Gasteiger partial charge on any atom is -0.458 e. The van der Waals surface area contributed by atoms with Crippen molar-refractivity contribution in [2.75, 3.05) is 13.7 Å². The summed E-state index contributed by atoms with van der Waals surface area (Å²) in [4.78, 5) is 38.2. The number of aliphatic hydroxyl groups excluding tert-OH is 1. The van der Waals surface area contributed by atoms with Gasteiger partial charge in [0.15, 0.2) is 12.4 Å². The Kier molecular flexibility index (Phi) is 7.44. The number of carbonyl (C=O) groups excluding carboxylic acids is 3. The van der Waals surface area contributed by atoms with Crippen molar-refractivity contribution in [1.29, 1.82) is 0 Å². The van der Waals surface area contributed by atoms with Gasteiger partial charge < -0.3 is 28.8 Å². The van der Waals surface area contributed by atoms with Gasteiger partial charge in [-0.1, -0.05) is 13.8 Å². The molecule has 0 aromatic heterocycles. The minimum atomic E-state index is -0.934. The Morgan fingerprint density at radius 2 is 1.80 bits per heavy atom. The fourth-order valence-electron chi connectivity index (χ4n) is 10.2. The summed E-state index contributed by atoms with van der Waals surface area (Å²) in [6.07, 6.45) is 5.96. The van der Waals surface area contributed by atoms with Gasteiger partial charge in [0, 0.05) is 30.9 Å². The molecule has 228 valence electrons. The first-order valence-electron chi connectivity index (χ1n) is 15.5. The van der Waals surface area contributed by atoms with Crippen LogP contribution < -0.4 is 0 Å². The summed E-state index contributed by atoms with van der Waals surface area (Å²) >= 11 is 0. The molecule has 12 atom stereocenters. The normalized spacial score (nSPS) is 49.4. The zero-order chi connectivity index (χ0) is 29.3. The molecule has 0 amide bonds. The first kappa shape index (κ1) is 29.3. The van der Waals surface area contributed by atoms with Crippen LogP contribution in [0.1, 0.15) is 85.5 Å². The lowest BCUT2D eigenvalue weighted by Crippen LogP contribution is -2.65. The van der Waals surface area contributed by atoms with E-state index in [9.17, 15) is 19.5 Å². The van der Waals surface area contributed by atoms with Crippen molar-refractivity contribution in [3.8, 4) is 0 Å². The number of fused-ring (bicyclic) bond motifs is 3. The van der Waals surface area contributed by atoms with Crippen LogP contribution in [0.25, 0.3) is 0 Å². The maximum Gasteiger partial charge on any atom is 0.331 e. The smallest absolute Gasteiger partial charge is 0.331 e. The van der Waals surface area contributed by atoms with Crippen LogP contribution in [-0.4, -0.2) is 73.4 Å². The van der Waals surface area contributed by atoms with Gasteiger partial charge in [0.05, 0.1) is 12.2 Å². The lowest BCUT2D eigenvalue weighted by atomic mass is 9.37. The van der Waals surface area contributed by atoms with Gasteiger partial charge in [-0.25, -0.2) is 4.79 Å². The van der Waals surface area contributed by atoms with Crippen molar-refractivity contribution in [3.05, 3.63) is 11.6 Å². The fraction of sp³-hybridized carbons (Fsp3) is 0.844. The van der Waals surface area contributed by atoms with E-state index in [0.29, 0.717) is 24.2 Å². The lowest BCUT2D eigenvalue weighted by Gasteiger charge is -2.66. The van der Waals surface area contributed by atoms with E-state index in [0.717, 1.165) is 63.4 Å². The van der Waals surface area contributed by atoms with E-state index < -0.39 is 42.1 Å². The molecule has 2 heterocycles. The van der Waals surface area contributed by atoms with Crippen LogP contribution in [0.2, 0.25) is 0 Å². The molecular formula is C32H46O9. The maximum atomic E-state index is 14.5. The SMILES string of the molecule is CO[C@@H]1[C@@H](O)[C@H](C)O[C@@H](O[C@H]2CC[C@@]3(C)[C@H](CC[C@]45CC[C@H](C6=CC(=O)OC6)[C@@](C)(CC[C@@H]43)C5=O)C2)[C@H]1OC(C)=O. The van der Waals surface area contributed by atoms with Gasteiger partial charge in [0.1, 0.15) is 24.6 Å². The Labute approximate surface area is 242 Å². The van der Waals surface area contributed by atoms with Crippen molar-refractivity contribution in [2.24, 2.45) is 34.0 Å². The van der Waals surface area contributed by atoms with Crippen LogP contribution in [0.3, 0.4) is 0 Å². The number of ether oxygens (including phenoxy) is 5. The molecule has 2 bridgehead atoms. The predicted molar refractivity (Wildman–Crippen MR) is 146 cm³/mol. The van der Waals surface area contributed by atoms with Gasteiger partial charge >= 0.3 is 11.9 Å². The number of cyclic esters (lactones) is 1. The van der Waals surface area contributed by atoms with Crippen LogP contribution in [0.15, 0.2) is 11.6 Å². The standard InChI is InChI=1S/C32H46O9/c1-17-25(35)26(37-5)27(40-18(2)33)28(39-17)41-21-7-10-30(3)20(15-21)6-12-32-13-8-22(19-14-24(34)38-16-19)31(4,29(32)36)11-9-23(30)32/h14,17,20-23,25-28,35H,6-13,15-16H2,1-5H3/t17-,20+,21-,22+,23+,25-,26+,27-,28-,30-,31+,32-/m0/s1. The van der Waals surface area contributed by atoms with Crippen molar-refractivity contribution in [2.45, 2.75) is 122 Å². The third-order valence-corrected chi connectivity index (χ3v) is 12.2. The highest BCUT2D eigenvalue weighted by molar-refractivity contribution is 5.93. The molecule has 4 aliphatic carbocycles.